The fourth-order valence-electron chi connectivity index (χ4n) is 9.20. The normalized spacial score (nSPS) is 19.5. The Kier molecular flexibility index (Phi) is 7.10. The first-order valence-electron chi connectivity index (χ1n) is 18.6. The maximum absolute atomic E-state index is 5.61. The maximum atomic E-state index is 5.61. The van der Waals surface area contributed by atoms with Crippen molar-refractivity contribution in [1.82, 2.24) is 10.2 Å². The van der Waals surface area contributed by atoms with E-state index in [9.17, 15) is 0 Å². The summed E-state index contributed by atoms with van der Waals surface area (Å²) < 4.78 is 0. The molecule has 7 aromatic carbocycles. The summed E-state index contributed by atoms with van der Waals surface area (Å²) in [7, 11) is 2.22. The molecular weight excluding hydrogens is 631 g/mol. The van der Waals surface area contributed by atoms with E-state index in [0.29, 0.717) is 0 Å². The number of benzene rings is 7. The highest BCUT2D eigenvalue weighted by Gasteiger charge is 2.39. The second-order valence-corrected chi connectivity index (χ2v) is 15.2. The van der Waals surface area contributed by atoms with Gasteiger partial charge in [0.1, 0.15) is 18.2 Å². The van der Waals surface area contributed by atoms with Crippen molar-refractivity contribution < 1.29 is 0 Å². The Balaban J connectivity index is 1.15. The second-order valence-electron chi connectivity index (χ2n) is 15.2. The van der Waals surface area contributed by atoms with Gasteiger partial charge in [-0.2, -0.15) is 0 Å². The Morgan fingerprint density at radius 3 is 2.23 bits per heavy atom. The van der Waals surface area contributed by atoms with Gasteiger partial charge >= 0.3 is 0 Å². The lowest BCUT2D eigenvalue weighted by atomic mass is 9.78. The smallest absolute Gasteiger partial charge is 0.132 e. The monoisotopic (exact) mass is 671 g/mol. The average Bonchev–Trinajstić information content (AvgIpc) is 3.43. The molecule has 1 heterocycles. The molecule has 52 heavy (non-hydrogen) atoms. The van der Waals surface area contributed by atoms with Gasteiger partial charge in [-0.15, -0.1) is 0 Å². The standard InChI is InChI=1S/C49H41N3/c1-49(2)44-25-11-10-23-41(44)42-27-26-35(30-45(42)49)48-51-46(43-29-33-15-5-7-20-38(33)39-21-8-9-22-40(39)43)50-47(52(48)3)34-18-12-17-32(28-34)37-24-13-16-31-14-4-6-19-36(31)37/h4-10,12-24,26-30,47-48H,11,25H2,1-3H3,(H,50,51)/t47-,48?/m1/s1. The van der Waals surface area contributed by atoms with Crippen molar-refractivity contribution in [3.05, 3.63) is 185 Å². The van der Waals surface area contributed by atoms with Gasteiger partial charge < -0.3 is 5.32 Å². The first-order chi connectivity index (χ1) is 25.5. The number of amidine groups is 1. The minimum atomic E-state index is -0.211. The van der Waals surface area contributed by atoms with Crippen LogP contribution in [0.4, 0.5) is 0 Å². The molecule has 0 spiro atoms. The molecule has 252 valence electrons. The minimum absolute atomic E-state index is 0.00364. The lowest BCUT2D eigenvalue weighted by molar-refractivity contribution is 0.152. The van der Waals surface area contributed by atoms with Gasteiger partial charge in [-0.3, -0.25) is 4.90 Å². The van der Waals surface area contributed by atoms with Crippen molar-refractivity contribution >= 4 is 43.7 Å². The summed E-state index contributed by atoms with van der Waals surface area (Å²) in [5, 5.41) is 11.4. The average molecular weight is 672 g/mol. The Bertz CT molecular complexity index is 2670. The highest BCUT2D eigenvalue weighted by molar-refractivity contribution is 6.18. The predicted molar refractivity (Wildman–Crippen MR) is 219 cm³/mol. The summed E-state index contributed by atoms with van der Waals surface area (Å²) >= 11 is 0. The highest BCUT2D eigenvalue weighted by atomic mass is 15.4. The van der Waals surface area contributed by atoms with Crippen LogP contribution in [0.2, 0.25) is 0 Å². The van der Waals surface area contributed by atoms with Crippen molar-refractivity contribution in [1.29, 1.82) is 0 Å². The molecule has 10 rings (SSSR count). The fourth-order valence-corrected chi connectivity index (χ4v) is 9.20. The van der Waals surface area contributed by atoms with E-state index in [0.717, 1.165) is 24.2 Å². The third-order valence-electron chi connectivity index (χ3n) is 11.9. The predicted octanol–water partition coefficient (Wildman–Crippen LogP) is 11.9. The summed E-state index contributed by atoms with van der Waals surface area (Å²) in [4.78, 5) is 8.02. The summed E-state index contributed by atoms with van der Waals surface area (Å²) in [6.07, 6.45) is 6.63. The summed E-state index contributed by atoms with van der Waals surface area (Å²) in [6.45, 7) is 4.82. The molecule has 1 N–H and O–H groups in total. The third kappa shape index (κ3) is 4.80. The maximum Gasteiger partial charge on any atom is 0.132 e. The molecule has 3 nitrogen and oxygen atoms in total. The molecule has 2 atom stereocenters. The van der Waals surface area contributed by atoms with Crippen molar-refractivity contribution in [2.75, 3.05) is 7.05 Å². The van der Waals surface area contributed by atoms with E-state index in [1.165, 1.54) is 71.3 Å². The van der Waals surface area contributed by atoms with Gasteiger partial charge in [0.05, 0.1) is 0 Å². The van der Waals surface area contributed by atoms with E-state index in [1.54, 1.807) is 5.57 Å². The molecule has 1 unspecified atom stereocenters. The van der Waals surface area contributed by atoms with Gasteiger partial charge in [0.2, 0.25) is 0 Å². The second kappa shape index (κ2) is 11.9. The zero-order valence-corrected chi connectivity index (χ0v) is 29.9. The van der Waals surface area contributed by atoms with Crippen molar-refractivity contribution in [3.63, 3.8) is 0 Å². The fraction of sp³-hybridized carbons (Fsp3) is 0.163. The molecule has 2 aliphatic carbocycles. The highest BCUT2D eigenvalue weighted by Crippen LogP contribution is 2.51. The van der Waals surface area contributed by atoms with Crippen LogP contribution in [0.25, 0.3) is 49.0 Å². The van der Waals surface area contributed by atoms with Crippen molar-refractivity contribution in [3.8, 4) is 11.1 Å². The van der Waals surface area contributed by atoms with E-state index in [4.69, 9.17) is 4.99 Å². The third-order valence-corrected chi connectivity index (χ3v) is 11.9. The van der Waals surface area contributed by atoms with Crippen molar-refractivity contribution in [2.45, 2.75) is 44.4 Å². The number of hydrogen-bond donors (Lipinski definition) is 1. The van der Waals surface area contributed by atoms with Gasteiger partial charge in [-0.25, -0.2) is 4.99 Å². The zero-order valence-electron chi connectivity index (χ0n) is 29.9. The Hall–Kier alpha value is -5.77. The Morgan fingerprint density at radius 2 is 1.37 bits per heavy atom. The molecule has 3 heteroatoms. The summed E-state index contributed by atoms with van der Waals surface area (Å²) in [5.74, 6) is 0.922. The largest absolute Gasteiger partial charge is 0.350 e. The molecule has 0 bridgehead atoms. The number of hydrogen-bond acceptors (Lipinski definition) is 3. The molecule has 1 aliphatic heterocycles. The first-order valence-corrected chi connectivity index (χ1v) is 18.6. The van der Waals surface area contributed by atoms with Crippen LogP contribution in [0.5, 0.6) is 0 Å². The van der Waals surface area contributed by atoms with Crippen LogP contribution < -0.4 is 5.32 Å². The molecule has 0 fully saturated rings. The Morgan fingerprint density at radius 1 is 0.635 bits per heavy atom. The molecular formula is C49H41N3. The van der Waals surface area contributed by atoms with E-state index in [2.05, 4.69) is 183 Å². The lowest BCUT2D eigenvalue weighted by Gasteiger charge is -2.40. The van der Waals surface area contributed by atoms with Crippen LogP contribution in [0, 0.1) is 0 Å². The number of allylic oxidation sites excluding steroid dienone is 4. The van der Waals surface area contributed by atoms with E-state index >= 15 is 0 Å². The topological polar surface area (TPSA) is 27.6 Å². The zero-order chi connectivity index (χ0) is 35.0. The quantitative estimate of drug-likeness (QED) is 0.189. The van der Waals surface area contributed by atoms with E-state index in [-0.39, 0.29) is 17.7 Å². The number of aliphatic imine (C=N–C) groups is 1. The van der Waals surface area contributed by atoms with Crippen LogP contribution in [0.3, 0.4) is 0 Å². The molecule has 0 saturated carbocycles. The molecule has 0 aromatic heterocycles. The van der Waals surface area contributed by atoms with Crippen LogP contribution in [0.15, 0.2) is 162 Å². The van der Waals surface area contributed by atoms with Crippen molar-refractivity contribution in [2.24, 2.45) is 4.99 Å². The van der Waals surface area contributed by atoms with Crippen LogP contribution in [0.1, 0.15) is 66.8 Å². The van der Waals surface area contributed by atoms with Gasteiger partial charge in [-0.05, 0) is 103 Å². The molecule has 7 aromatic rings. The van der Waals surface area contributed by atoms with Crippen LogP contribution in [-0.4, -0.2) is 17.8 Å². The van der Waals surface area contributed by atoms with Gasteiger partial charge in [0.15, 0.2) is 0 Å². The van der Waals surface area contributed by atoms with Crippen LogP contribution in [-0.2, 0) is 5.41 Å². The summed E-state index contributed by atoms with van der Waals surface area (Å²) in [5.41, 5.74) is 11.8. The molecule has 0 amide bonds. The number of nitrogens with one attached hydrogen (secondary N) is 1. The lowest BCUT2D eigenvalue weighted by Crippen LogP contribution is -2.46. The number of nitrogens with zero attached hydrogens (tertiary/aromatic N) is 2. The molecule has 0 saturated heterocycles. The molecule has 3 aliphatic rings. The number of rotatable bonds is 4. The minimum Gasteiger partial charge on any atom is -0.350 e. The Labute approximate surface area is 305 Å². The SMILES string of the molecule is CN1C(c2ccc3c(c2)C(C)(C)C2=C3C=CCC2)NC(c2cc3ccccc3c3ccccc23)=N[C@H]1c1cccc(-c2cccc3ccccc23)c1. The van der Waals surface area contributed by atoms with Crippen LogP contribution >= 0.6 is 0 Å². The summed E-state index contributed by atoms with van der Waals surface area (Å²) in [6, 6.07) is 51.3. The van der Waals surface area contributed by atoms with E-state index in [1.807, 2.05) is 0 Å². The molecule has 0 radical (unpaired) electrons. The number of fused-ring (bicyclic) bond motifs is 6. The van der Waals surface area contributed by atoms with Gasteiger partial charge in [-0.1, -0.05) is 159 Å². The first kappa shape index (κ1) is 31.0. The van der Waals surface area contributed by atoms with E-state index < -0.39 is 0 Å². The van der Waals surface area contributed by atoms with Gasteiger partial charge in [0, 0.05) is 11.0 Å². The van der Waals surface area contributed by atoms with Gasteiger partial charge in [0.25, 0.3) is 0 Å².